The summed E-state index contributed by atoms with van der Waals surface area (Å²) in [5.41, 5.74) is 10.3. The SMILES string of the molecule is Cc1ccc(O)c(C)c1-n1c(N)c(C(N)=O)c2c(C(F)(F)F)nc3c(nc(C#N)n3C)c21. The van der Waals surface area contributed by atoms with Crippen LogP contribution in [-0.2, 0) is 13.2 Å². The standard InChI is InChI=1S/C20H16F3N7O2/c1-7-4-5-9(31)8(2)14(7)30-15-11(12(17(30)25)18(26)32)16(20(21,22)23)28-19-13(15)27-10(6-24)29(19)3/h4-5,31H,25H2,1-3H3,(H2,26,32). The van der Waals surface area contributed by atoms with E-state index in [9.17, 15) is 28.3 Å². The van der Waals surface area contributed by atoms with E-state index in [0.29, 0.717) is 11.1 Å². The second-order valence-corrected chi connectivity index (χ2v) is 7.30. The zero-order valence-corrected chi connectivity index (χ0v) is 17.0. The fourth-order valence-electron chi connectivity index (χ4n) is 3.94. The second kappa shape index (κ2) is 6.61. The third kappa shape index (κ3) is 2.67. The zero-order chi connectivity index (χ0) is 23.7. The maximum Gasteiger partial charge on any atom is 0.434 e. The van der Waals surface area contributed by atoms with Crippen LogP contribution in [0, 0.1) is 25.2 Å². The first kappa shape index (κ1) is 21.0. The Morgan fingerprint density at radius 3 is 2.47 bits per heavy atom. The van der Waals surface area contributed by atoms with E-state index in [1.54, 1.807) is 26.0 Å². The summed E-state index contributed by atoms with van der Waals surface area (Å²) in [6, 6.07) is 4.78. The Morgan fingerprint density at radius 2 is 1.91 bits per heavy atom. The number of carbonyl (C=O) groups is 1. The number of hydrogen-bond donors (Lipinski definition) is 3. The number of nitrogens with two attached hydrogens (primary N) is 2. The number of nitrogens with zero attached hydrogens (tertiary/aromatic N) is 5. The number of hydrogen-bond acceptors (Lipinski definition) is 6. The minimum absolute atomic E-state index is 0.0756. The van der Waals surface area contributed by atoms with Crippen LogP contribution < -0.4 is 11.5 Å². The number of carbonyl (C=O) groups excluding carboxylic acids is 1. The number of pyridine rings is 1. The molecule has 5 N–H and O–H groups in total. The van der Waals surface area contributed by atoms with Gasteiger partial charge in [0, 0.05) is 18.0 Å². The van der Waals surface area contributed by atoms with Crippen molar-refractivity contribution < 1.29 is 23.1 Å². The molecule has 0 spiro atoms. The van der Waals surface area contributed by atoms with Crippen molar-refractivity contribution in [2.75, 3.05) is 5.73 Å². The van der Waals surface area contributed by atoms with E-state index in [1.165, 1.54) is 17.7 Å². The molecule has 0 atom stereocenters. The van der Waals surface area contributed by atoms with Crippen LogP contribution in [0.2, 0.25) is 0 Å². The van der Waals surface area contributed by atoms with Gasteiger partial charge in [0.2, 0.25) is 5.82 Å². The summed E-state index contributed by atoms with van der Waals surface area (Å²) in [6.45, 7) is 3.22. The third-order valence-electron chi connectivity index (χ3n) is 5.39. The normalized spacial score (nSPS) is 11.9. The molecule has 3 aromatic heterocycles. The average molecular weight is 443 g/mol. The van der Waals surface area contributed by atoms with Crippen LogP contribution in [0.25, 0.3) is 27.8 Å². The van der Waals surface area contributed by atoms with Crippen molar-refractivity contribution in [2.24, 2.45) is 12.8 Å². The van der Waals surface area contributed by atoms with Crippen LogP contribution in [0.4, 0.5) is 19.0 Å². The van der Waals surface area contributed by atoms with Crippen molar-refractivity contribution in [3.8, 4) is 17.5 Å². The summed E-state index contributed by atoms with van der Waals surface area (Å²) in [4.78, 5) is 20.1. The molecule has 3 heterocycles. The number of nitrogen functional groups attached to an aromatic ring is 1. The van der Waals surface area contributed by atoms with E-state index in [0.717, 1.165) is 4.57 Å². The fraction of sp³-hybridized carbons (Fsp3) is 0.200. The summed E-state index contributed by atoms with van der Waals surface area (Å²) in [5, 5.41) is 19.0. The van der Waals surface area contributed by atoms with Crippen LogP contribution in [0.3, 0.4) is 0 Å². The van der Waals surface area contributed by atoms with Crippen LogP contribution in [-0.4, -0.2) is 30.1 Å². The summed E-state index contributed by atoms with van der Waals surface area (Å²) < 4.78 is 44.5. The number of primary amides is 1. The summed E-state index contributed by atoms with van der Waals surface area (Å²) in [6.07, 6.45) is -4.98. The van der Waals surface area contributed by atoms with Gasteiger partial charge in [-0.05, 0) is 25.5 Å². The van der Waals surface area contributed by atoms with Crippen molar-refractivity contribution in [3.05, 3.63) is 40.3 Å². The highest BCUT2D eigenvalue weighted by Gasteiger charge is 2.40. The van der Waals surface area contributed by atoms with E-state index < -0.39 is 28.7 Å². The van der Waals surface area contributed by atoms with Gasteiger partial charge in [0.15, 0.2) is 11.3 Å². The summed E-state index contributed by atoms with van der Waals surface area (Å²) in [5.74, 6) is -1.88. The van der Waals surface area contributed by atoms with Crippen molar-refractivity contribution in [3.63, 3.8) is 0 Å². The molecule has 0 fully saturated rings. The van der Waals surface area contributed by atoms with Gasteiger partial charge in [0.25, 0.3) is 5.91 Å². The Balaban J connectivity index is 2.42. The van der Waals surface area contributed by atoms with Crippen LogP contribution in [0.5, 0.6) is 5.75 Å². The summed E-state index contributed by atoms with van der Waals surface area (Å²) >= 11 is 0. The first-order valence-electron chi connectivity index (χ1n) is 9.17. The van der Waals surface area contributed by atoms with Crippen molar-refractivity contribution in [1.29, 1.82) is 5.26 Å². The number of benzene rings is 1. The number of phenols is 1. The Labute approximate surface area is 178 Å². The lowest BCUT2D eigenvalue weighted by Gasteiger charge is -2.16. The highest BCUT2D eigenvalue weighted by Crippen LogP contribution is 2.44. The molecule has 12 heteroatoms. The third-order valence-corrected chi connectivity index (χ3v) is 5.39. The smallest absolute Gasteiger partial charge is 0.434 e. The number of fused-ring (bicyclic) bond motifs is 3. The topological polar surface area (TPSA) is 149 Å². The van der Waals surface area contributed by atoms with Gasteiger partial charge >= 0.3 is 6.18 Å². The van der Waals surface area contributed by atoms with Gasteiger partial charge in [-0.1, -0.05) is 6.07 Å². The van der Waals surface area contributed by atoms with E-state index in [-0.39, 0.29) is 39.8 Å². The number of rotatable bonds is 2. The first-order chi connectivity index (χ1) is 14.9. The number of aryl methyl sites for hydroxylation is 2. The molecule has 0 saturated carbocycles. The lowest BCUT2D eigenvalue weighted by Crippen LogP contribution is -2.16. The van der Waals surface area contributed by atoms with Crippen LogP contribution in [0.15, 0.2) is 12.1 Å². The minimum atomic E-state index is -4.98. The van der Waals surface area contributed by atoms with Gasteiger partial charge in [0.1, 0.15) is 23.2 Å². The maximum atomic E-state index is 14.1. The number of amides is 1. The van der Waals surface area contributed by atoms with E-state index in [2.05, 4.69) is 9.97 Å². The molecule has 0 aliphatic rings. The number of aromatic hydroxyl groups is 1. The Bertz CT molecular complexity index is 1510. The number of aromatic nitrogens is 4. The molecule has 0 radical (unpaired) electrons. The molecule has 0 aliphatic carbocycles. The molecular formula is C20H16F3N7O2. The number of anilines is 1. The van der Waals surface area contributed by atoms with Gasteiger partial charge in [-0.3, -0.25) is 9.36 Å². The molecule has 1 aromatic carbocycles. The van der Waals surface area contributed by atoms with Crippen LogP contribution >= 0.6 is 0 Å². The molecular weight excluding hydrogens is 427 g/mol. The van der Waals surface area contributed by atoms with Crippen LogP contribution in [0.1, 0.15) is 33.0 Å². The number of imidazole rings is 1. The number of nitriles is 1. The van der Waals surface area contributed by atoms with Crippen molar-refractivity contribution in [2.45, 2.75) is 20.0 Å². The Hall–Kier alpha value is -4.27. The quantitative estimate of drug-likeness (QED) is 0.434. The molecule has 32 heavy (non-hydrogen) atoms. The molecule has 0 aliphatic heterocycles. The van der Waals surface area contributed by atoms with E-state index >= 15 is 0 Å². The lowest BCUT2D eigenvalue weighted by atomic mass is 10.1. The Morgan fingerprint density at radius 1 is 1.25 bits per heavy atom. The highest BCUT2D eigenvalue weighted by atomic mass is 19.4. The monoisotopic (exact) mass is 443 g/mol. The van der Waals surface area contributed by atoms with E-state index in [1.807, 2.05) is 0 Å². The summed E-state index contributed by atoms with van der Waals surface area (Å²) in [7, 11) is 1.35. The maximum absolute atomic E-state index is 14.1. The average Bonchev–Trinajstić information content (AvgIpc) is 3.18. The lowest BCUT2D eigenvalue weighted by molar-refractivity contribution is -0.139. The first-order valence-corrected chi connectivity index (χ1v) is 9.17. The molecule has 1 amide bonds. The van der Waals surface area contributed by atoms with Crippen molar-refractivity contribution in [1.82, 2.24) is 19.1 Å². The Kier molecular flexibility index (Phi) is 4.34. The minimum Gasteiger partial charge on any atom is -0.508 e. The predicted molar refractivity (Wildman–Crippen MR) is 109 cm³/mol. The molecule has 0 saturated heterocycles. The molecule has 0 bridgehead atoms. The predicted octanol–water partition coefficient (Wildman–Crippen LogP) is 2.81. The number of phenolic OH excluding ortho intramolecular Hbond substituents is 1. The van der Waals surface area contributed by atoms with Gasteiger partial charge < -0.3 is 21.1 Å². The van der Waals surface area contributed by atoms with E-state index in [4.69, 9.17) is 11.5 Å². The van der Waals surface area contributed by atoms with Crippen molar-refractivity contribution >= 4 is 33.8 Å². The van der Waals surface area contributed by atoms with Gasteiger partial charge in [-0.2, -0.15) is 18.4 Å². The highest BCUT2D eigenvalue weighted by molar-refractivity contribution is 6.17. The van der Waals surface area contributed by atoms with Gasteiger partial charge in [-0.15, -0.1) is 0 Å². The molecule has 4 aromatic rings. The molecule has 4 rings (SSSR count). The number of halogens is 3. The number of alkyl halides is 3. The largest absolute Gasteiger partial charge is 0.508 e. The molecule has 164 valence electrons. The van der Waals surface area contributed by atoms with Gasteiger partial charge in [-0.25, -0.2) is 9.97 Å². The second-order valence-electron chi connectivity index (χ2n) is 7.30. The molecule has 9 nitrogen and oxygen atoms in total. The fourth-order valence-corrected chi connectivity index (χ4v) is 3.94. The molecule has 0 unspecified atom stereocenters. The van der Waals surface area contributed by atoms with Gasteiger partial charge in [0.05, 0.1) is 16.8 Å². The zero-order valence-electron chi connectivity index (χ0n) is 17.0.